The summed E-state index contributed by atoms with van der Waals surface area (Å²) in [6, 6.07) is 9.36. The van der Waals surface area contributed by atoms with Gasteiger partial charge in [-0.3, -0.25) is 9.69 Å². The highest BCUT2D eigenvalue weighted by Gasteiger charge is 2.11. The van der Waals surface area contributed by atoms with Crippen LogP contribution in [0.2, 0.25) is 0 Å². The number of benzene rings is 1. The zero-order valence-corrected chi connectivity index (χ0v) is 10.4. The lowest BCUT2D eigenvalue weighted by Crippen LogP contribution is -2.32. The maximum atomic E-state index is 12.0. The summed E-state index contributed by atoms with van der Waals surface area (Å²) in [6.07, 6.45) is 1.75. The predicted molar refractivity (Wildman–Crippen MR) is 69.2 cm³/mol. The van der Waals surface area contributed by atoms with E-state index in [4.69, 9.17) is 5.11 Å². The highest BCUT2D eigenvalue weighted by atomic mass is 16.3. The fourth-order valence-corrected chi connectivity index (χ4v) is 1.80. The Morgan fingerprint density at radius 1 is 1.24 bits per heavy atom. The van der Waals surface area contributed by atoms with Crippen LogP contribution in [0.4, 0.5) is 0 Å². The number of ketones is 1. The first-order chi connectivity index (χ1) is 8.27. The first-order valence-electron chi connectivity index (χ1n) is 6.19. The monoisotopic (exact) mass is 235 g/mol. The van der Waals surface area contributed by atoms with Gasteiger partial charge in [0.2, 0.25) is 0 Å². The highest BCUT2D eigenvalue weighted by molar-refractivity contribution is 5.97. The molecule has 0 bridgehead atoms. The van der Waals surface area contributed by atoms with E-state index in [1.165, 1.54) is 0 Å². The van der Waals surface area contributed by atoms with Crippen molar-refractivity contribution in [2.24, 2.45) is 0 Å². The topological polar surface area (TPSA) is 40.5 Å². The molecule has 0 heterocycles. The third-order valence-electron chi connectivity index (χ3n) is 2.64. The van der Waals surface area contributed by atoms with Crippen LogP contribution in [0.5, 0.6) is 0 Å². The summed E-state index contributed by atoms with van der Waals surface area (Å²) in [7, 11) is 0. The van der Waals surface area contributed by atoms with E-state index < -0.39 is 0 Å². The maximum Gasteiger partial charge on any atom is 0.176 e. The SMILES string of the molecule is CCCN(CCCO)CC(=O)c1ccccc1. The Bertz CT molecular complexity index is 324. The van der Waals surface area contributed by atoms with Gasteiger partial charge in [0.1, 0.15) is 0 Å². The summed E-state index contributed by atoms with van der Waals surface area (Å²) in [5, 5.41) is 8.82. The fraction of sp³-hybridized carbons (Fsp3) is 0.500. The molecule has 0 aliphatic carbocycles. The summed E-state index contributed by atoms with van der Waals surface area (Å²) in [4.78, 5) is 14.1. The molecule has 0 aliphatic heterocycles. The van der Waals surface area contributed by atoms with Crippen LogP contribution in [0.3, 0.4) is 0 Å². The van der Waals surface area contributed by atoms with Gasteiger partial charge in [-0.25, -0.2) is 0 Å². The van der Waals surface area contributed by atoms with E-state index in [0.717, 1.165) is 31.5 Å². The molecule has 0 atom stereocenters. The molecule has 0 spiro atoms. The molecule has 0 saturated heterocycles. The summed E-state index contributed by atoms with van der Waals surface area (Å²) >= 11 is 0. The molecular weight excluding hydrogens is 214 g/mol. The number of carbonyl (C=O) groups is 1. The Kier molecular flexibility index (Phi) is 6.51. The predicted octanol–water partition coefficient (Wildman–Crippen LogP) is 1.96. The molecule has 94 valence electrons. The van der Waals surface area contributed by atoms with E-state index in [1.54, 1.807) is 0 Å². The minimum atomic E-state index is 0.150. The zero-order valence-electron chi connectivity index (χ0n) is 10.4. The van der Waals surface area contributed by atoms with E-state index in [0.29, 0.717) is 6.54 Å². The molecule has 0 unspecified atom stereocenters. The molecule has 0 fully saturated rings. The third kappa shape index (κ3) is 5.11. The second kappa shape index (κ2) is 7.98. The number of hydrogen-bond acceptors (Lipinski definition) is 3. The van der Waals surface area contributed by atoms with Crippen LogP contribution in [-0.2, 0) is 0 Å². The Labute approximate surface area is 103 Å². The minimum Gasteiger partial charge on any atom is -0.396 e. The molecule has 1 N–H and O–H groups in total. The van der Waals surface area contributed by atoms with E-state index in [2.05, 4.69) is 11.8 Å². The lowest BCUT2D eigenvalue weighted by molar-refractivity contribution is 0.0924. The van der Waals surface area contributed by atoms with Gasteiger partial charge >= 0.3 is 0 Å². The molecule has 1 aromatic carbocycles. The van der Waals surface area contributed by atoms with Crippen LogP contribution in [0.1, 0.15) is 30.1 Å². The summed E-state index contributed by atoms with van der Waals surface area (Å²) < 4.78 is 0. The molecule has 0 aliphatic rings. The zero-order chi connectivity index (χ0) is 12.5. The van der Waals surface area contributed by atoms with E-state index in [9.17, 15) is 4.79 Å². The molecule has 3 heteroatoms. The standard InChI is InChI=1S/C14H21NO2/c1-2-9-15(10-6-11-16)12-14(17)13-7-4-3-5-8-13/h3-5,7-8,16H,2,6,9-12H2,1H3. The van der Waals surface area contributed by atoms with Gasteiger partial charge in [0.25, 0.3) is 0 Å². The Hall–Kier alpha value is -1.19. The molecule has 0 amide bonds. The van der Waals surface area contributed by atoms with Gasteiger partial charge < -0.3 is 5.11 Å². The van der Waals surface area contributed by atoms with Crippen molar-refractivity contribution < 1.29 is 9.90 Å². The summed E-state index contributed by atoms with van der Waals surface area (Å²) in [5.41, 5.74) is 0.762. The highest BCUT2D eigenvalue weighted by Crippen LogP contribution is 2.03. The number of carbonyl (C=O) groups excluding carboxylic acids is 1. The second-order valence-corrected chi connectivity index (χ2v) is 4.14. The van der Waals surface area contributed by atoms with Crippen molar-refractivity contribution in [3.63, 3.8) is 0 Å². The average molecular weight is 235 g/mol. The van der Waals surface area contributed by atoms with Gasteiger partial charge in [-0.15, -0.1) is 0 Å². The van der Waals surface area contributed by atoms with Gasteiger partial charge in [-0.05, 0) is 19.4 Å². The van der Waals surface area contributed by atoms with Crippen molar-refractivity contribution >= 4 is 5.78 Å². The molecule has 0 radical (unpaired) electrons. The maximum absolute atomic E-state index is 12.0. The van der Waals surface area contributed by atoms with E-state index >= 15 is 0 Å². The van der Waals surface area contributed by atoms with Gasteiger partial charge in [0, 0.05) is 18.7 Å². The van der Waals surface area contributed by atoms with Gasteiger partial charge in [-0.2, -0.15) is 0 Å². The quantitative estimate of drug-likeness (QED) is 0.700. The van der Waals surface area contributed by atoms with Gasteiger partial charge in [0.15, 0.2) is 5.78 Å². The van der Waals surface area contributed by atoms with Crippen molar-refractivity contribution in [2.45, 2.75) is 19.8 Å². The molecule has 3 nitrogen and oxygen atoms in total. The number of Topliss-reactive ketones (excluding diaryl/α,β-unsaturated/α-hetero) is 1. The van der Waals surface area contributed by atoms with Crippen molar-refractivity contribution in [3.8, 4) is 0 Å². The second-order valence-electron chi connectivity index (χ2n) is 4.14. The Morgan fingerprint density at radius 3 is 2.53 bits per heavy atom. The third-order valence-corrected chi connectivity index (χ3v) is 2.64. The van der Waals surface area contributed by atoms with Crippen molar-refractivity contribution in [3.05, 3.63) is 35.9 Å². The fourth-order valence-electron chi connectivity index (χ4n) is 1.80. The normalized spacial score (nSPS) is 10.8. The van der Waals surface area contributed by atoms with E-state index in [1.807, 2.05) is 30.3 Å². The molecule has 17 heavy (non-hydrogen) atoms. The number of hydrogen-bond donors (Lipinski definition) is 1. The van der Waals surface area contributed by atoms with Crippen LogP contribution in [-0.4, -0.2) is 42.0 Å². The van der Waals surface area contributed by atoms with Crippen LogP contribution in [0.15, 0.2) is 30.3 Å². The Morgan fingerprint density at radius 2 is 1.94 bits per heavy atom. The molecule has 1 rings (SSSR count). The smallest absolute Gasteiger partial charge is 0.176 e. The lowest BCUT2D eigenvalue weighted by Gasteiger charge is -2.20. The summed E-state index contributed by atoms with van der Waals surface area (Å²) in [5.74, 6) is 0.150. The van der Waals surface area contributed by atoms with Crippen molar-refractivity contribution in [1.29, 1.82) is 0 Å². The lowest BCUT2D eigenvalue weighted by atomic mass is 10.1. The first kappa shape index (κ1) is 13.9. The Balaban J connectivity index is 2.51. The van der Waals surface area contributed by atoms with Gasteiger partial charge in [0.05, 0.1) is 6.54 Å². The number of aliphatic hydroxyl groups excluding tert-OH is 1. The largest absolute Gasteiger partial charge is 0.396 e. The minimum absolute atomic E-state index is 0.150. The number of nitrogens with zero attached hydrogens (tertiary/aromatic N) is 1. The van der Waals surface area contributed by atoms with Crippen LogP contribution in [0.25, 0.3) is 0 Å². The van der Waals surface area contributed by atoms with Gasteiger partial charge in [-0.1, -0.05) is 37.3 Å². The van der Waals surface area contributed by atoms with Crippen LogP contribution < -0.4 is 0 Å². The molecular formula is C14H21NO2. The molecule has 0 aromatic heterocycles. The van der Waals surface area contributed by atoms with E-state index in [-0.39, 0.29) is 12.4 Å². The van der Waals surface area contributed by atoms with Crippen LogP contribution >= 0.6 is 0 Å². The number of rotatable bonds is 8. The molecule has 1 aromatic rings. The number of aliphatic hydroxyl groups is 1. The molecule has 0 saturated carbocycles. The van der Waals surface area contributed by atoms with Crippen molar-refractivity contribution in [1.82, 2.24) is 4.90 Å². The summed E-state index contributed by atoms with van der Waals surface area (Å²) in [6.45, 7) is 4.40. The first-order valence-corrected chi connectivity index (χ1v) is 6.19. The van der Waals surface area contributed by atoms with Crippen molar-refractivity contribution in [2.75, 3.05) is 26.2 Å². The average Bonchev–Trinajstić information content (AvgIpc) is 2.37. The van der Waals surface area contributed by atoms with Crippen LogP contribution in [0, 0.1) is 0 Å².